The fraction of sp³-hybridized carbons (Fsp3) is 0.333. The summed E-state index contributed by atoms with van der Waals surface area (Å²) in [5, 5.41) is 3.06. The number of aryl methyl sites for hydroxylation is 1. The van der Waals surface area contributed by atoms with Crippen molar-refractivity contribution < 1.29 is 0 Å². The number of nitrogens with two attached hydrogens (primary N) is 1. The largest absolute Gasteiger partial charge is 0.398 e. The van der Waals surface area contributed by atoms with Crippen LogP contribution in [0.4, 0.5) is 5.69 Å². The summed E-state index contributed by atoms with van der Waals surface area (Å²) in [5.41, 5.74) is 9.02. The number of benzene rings is 1. The van der Waals surface area contributed by atoms with E-state index in [0.29, 0.717) is 0 Å². The van der Waals surface area contributed by atoms with Crippen molar-refractivity contribution >= 4 is 5.69 Å². The zero-order valence-electron chi connectivity index (χ0n) is 7.02. The molecule has 0 atom stereocenters. The normalized spacial score (nSPS) is 10.0. The van der Waals surface area contributed by atoms with E-state index in [4.69, 9.17) is 5.73 Å². The van der Waals surface area contributed by atoms with Gasteiger partial charge in [0.2, 0.25) is 0 Å². The third kappa shape index (κ3) is 1.95. The monoisotopic (exact) mass is 150 g/mol. The Morgan fingerprint density at radius 2 is 2.18 bits per heavy atom. The summed E-state index contributed by atoms with van der Waals surface area (Å²) in [5.74, 6) is 0. The lowest BCUT2D eigenvalue weighted by Gasteiger charge is -2.04. The number of nitrogen functional groups attached to an aromatic ring is 1. The molecule has 1 aromatic carbocycles. The van der Waals surface area contributed by atoms with Crippen LogP contribution in [-0.2, 0) is 6.54 Å². The number of rotatable bonds is 2. The van der Waals surface area contributed by atoms with Gasteiger partial charge in [-0.2, -0.15) is 0 Å². The summed E-state index contributed by atoms with van der Waals surface area (Å²) in [7, 11) is 1.92. The van der Waals surface area contributed by atoms with E-state index in [-0.39, 0.29) is 0 Å². The molecule has 3 N–H and O–H groups in total. The standard InChI is InChI=1S/C9H14N2/c1-7-3-4-8(6-11-2)9(10)5-7/h3-5,11H,6,10H2,1-2H3. The van der Waals surface area contributed by atoms with Crippen molar-refractivity contribution in [3.63, 3.8) is 0 Å². The molecule has 0 amide bonds. The number of hydrogen-bond acceptors (Lipinski definition) is 2. The van der Waals surface area contributed by atoms with Crippen LogP contribution in [0.15, 0.2) is 18.2 Å². The van der Waals surface area contributed by atoms with E-state index >= 15 is 0 Å². The minimum Gasteiger partial charge on any atom is -0.398 e. The summed E-state index contributed by atoms with van der Waals surface area (Å²) < 4.78 is 0. The minimum atomic E-state index is 0.839. The molecule has 0 saturated carbocycles. The van der Waals surface area contributed by atoms with E-state index in [2.05, 4.69) is 17.4 Å². The van der Waals surface area contributed by atoms with Crippen molar-refractivity contribution in [2.24, 2.45) is 0 Å². The van der Waals surface area contributed by atoms with Gasteiger partial charge in [-0.1, -0.05) is 12.1 Å². The molecule has 0 aliphatic carbocycles. The van der Waals surface area contributed by atoms with Gasteiger partial charge in [-0.15, -0.1) is 0 Å². The van der Waals surface area contributed by atoms with Gasteiger partial charge in [0.25, 0.3) is 0 Å². The van der Waals surface area contributed by atoms with Crippen LogP contribution in [-0.4, -0.2) is 7.05 Å². The zero-order chi connectivity index (χ0) is 8.27. The van der Waals surface area contributed by atoms with Crippen molar-refractivity contribution in [3.05, 3.63) is 29.3 Å². The second-order valence-corrected chi connectivity index (χ2v) is 2.73. The predicted molar refractivity (Wildman–Crippen MR) is 48.4 cm³/mol. The van der Waals surface area contributed by atoms with Gasteiger partial charge in [-0.25, -0.2) is 0 Å². The minimum absolute atomic E-state index is 0.839. The van der Waals surface area contributed by atoms with E-state index in [9.17, 15) is 0 Å². The molecule has 0 radical (unpaired) electrons. The van der Waals surface area contributed by atoms with Gasteiger partial charge in [0.1, 0.15) is 0 Å². The first kappa shape index (κ1) is 8.08. The number of anilines is 1. The maximum atomic E-state index is 5.77. The van der Waals surface area contributed by atoms with Crippen LogP contribution < -0.4 is 11.1 Å². The van der Waals surface area contributed by atoms with Gasteiger partial charge in [-0.3, -0.25) is 0 Å². The molecule has 1 rings (SSSR count). The van der Waals surface area contributed by atoms with Gasteiger partial charge in [0.05, 0.1) is 0 Å². The van der Waals surface area contributed by atoms with Gasteiger partial charge < -0.3 is 11.1 Å². The molecule has 0 fully saturated rings. The fourth-order valence-corrected chi connectivity index (χ4v) is 1.07. The van der Waals surface area contributed by atoms with Crippen molar-refractivity contribution in [1.29, 1.82) is 0 Å². The first-order valence-electron chi connectivity index (χ1n) is 3.73. The molecule has 0 spiro atoms. The first-order chi connectivity index (χ1) is 5.24. The second kappa shape index (κ2) is 3.39. The van der Waals surface area contributed by atoms with Gasteiger partial charge in [-0.05, 0) is 31.2 Å². The second-order valence-electron chi connectivity index (χ2n) is 2.73. The Kier molecular flexibility index (Phi) is 2.49. The molecule has 0 bridgehead atoms. The SMILES string of the molecule is CNCc1ccc(C)cc1N. The van der Waals surface area contributed by atoms with Gasteiger partial charge in [0, 0.05) is 12.2 Å². The van der Waals surface area contributed by atoms with Crippen molar-refractivity contribution in [2.45, 2.75) is 13.5 Å². The van der Waals surface area contributed by atoms with Crippen molar-refractivity contribution in [1.82, 2.24) is 5.32 Å². The summed E-state index contributed by atoms with van der Waals surface area (Å²) in [4.78, 5) is 0. The van der Waals surface area contributed by atoms with Crippen LogP contribution in [0.2, 0.25) is 0 Å². The molecule has 2 nitrogen and oxygen atoms in total. The molecular weight excluding hydrogens is 136 g/mol. The Labute approximate surface area is 67.4 Å². The molecule has 0 aliphatic rings. The van der Waals surface area contributed by atoms with Gasteiger partial charge >= 0.3 is 0 Å². The Morgan fingerprint density at radius 3 is 2.73 bits per heavy atom. The smallest absolute Gasteiger partial charge is 0.0362 e. The highest BCUT2D eigenvalue weighted by Gasteiger charge is 1.95. The number of nitrogens with one attached hydrogen (secondary N) is 1. The molecule has 2 heteroatoms. The molecular formula is C9H14N2. The average molecular weight is 150 g/mol. The summed E-state index contributed by atoms with van der Waals surface area (Å²) in [6.45, 7) is 2.88. The van der Waals surface area contributed by atoms with Crippen LogP contribution in [0.1, 0.15) is 11.1 Å². The summed E-state index contributed by atoms with van der Waals surface area (Å²) in [6, 6.07) is 6.12. The maximum absolute atomic E-state index is 5.77. The Morgan fingerprint density at radius 1 is 1.45 bits per heavy atom. The summed E-state index contributed by atoms with van der Waals surface area (Å²) in [6.07, 6.45) is 0. The third-order valence-corrected chi connectivity index (χ3v) is 1.67. The van der Waals surface area contributed by atoms with Crippen LogP contribution in [0.3, 0.4) is 0 Å². The lowest BCUT2D eigenvalue weighted by atomic mass is 10.1. The van der Waals surface area contributed by atoms with E-state index in [0.717, 1.165) is 17.8 Å². The lowest BCUT2D eigenvalue weighted by Crippen LogP contribution is -2.07. The Bertz CT molecular complexity index is 243. The lowest BCUT2D eigenvalue weighted by molar-refractivity contribution is 0.819. The molecule has 0 saturated heterocycles. The average Bonchev–Trinajstić information content (AvgIpc) is 1.95. The van der Waals surface area contributed by atoms with Crippen molar-refractivity contribution in [2.75, 3.05) is 12.8 Å². The predicted octanol–water partition coefficient (Wildman–Crippen LogP) is 1.30. The third-order valence-electron chi connectivity index (χ3n) is 1.67. The highest BCUT2D eigenvalue weighted by Crippen LogP contribution is 2.12. The van der Waals surface area contributed by atoms with E-state index in [1.54, 1.807) is 0 Å². The van der Waals surface area contributed by atoms with E-state index < -0.39 is 0 Å². The highest BCUT2D eigenvalue weighted by atomic mass is 14.8. The van der Waals surface area contributed by atoms with Crippen molar-refractivity contribution in [3.8, 4) is 0 Å². The van der Waals surface area contributed by atoms with E-state index in [1.807, 2.05) is 20.0 Å². The maximum Gasteiger partial charge on any atom is 0.0362 e. The first-order valence-corrected chi connectivity index (χ1v) is 3.73. The van der Waals surface area contributed by atoms with Crippen LogP contribution in [0, 0.1) is 6.92 Å². The highest BCUT2D eigenvalue weighted by molar-refractivity contribution is 5.48. The Balaban J connectivity index is 2.90. The summed E-state index contributed by atoms with van der Waals surface area (Å²) >= 11 is 0. The topological polar surface area (TPSA) is 38.0 Å². The molecule has 0 unspecified atom stereocenters. The Hall–Kier alpha value is -1.02. The fourth-order valence-electron chi connectivity index (χ4n) is 1.07. The zero-order valence-corrected chi connectivity index (χ0v) is 7.02. The van der Waals surface area contributed by atoms with Gasteiger partial charge in [0.15, 0.2) is 0 Å². The van der Waals surface area contributed by atoms with Crippen LogP contribution >= 0.6 is 0 Å². The quantitative estimate of drug-likeness (QED) is 0.623. The molecule has 0 aliphatic heterocycles. The molecule has 11 heavy (non-hydrogen) atoms. The number of hydrogen-bond donors (Lipinski definition) is 2. The molecule has 0 heterocycles. The van der Waals surface area contributed by atoms with Crippen LogP contribution in [0.25, 0.3) is 0 Å². The van der Waals surface area contributed by atoms with Crippen LogP contribution in [0.5, 0.6) is 0 Å². The van der Waals surface area contributed by atoms with E-state index in [1.165, 1.54) is 5.56 Å². The molecule has 1 aromatic rings. The molecule has 0 aromatic heterocycles. The molecule has 60 valence electrons.